The molecule has 2 aromatic carbocycles. The van der Waals surface area contributed by atoms with E-state index in [0.29, 0.717) is 5.75 Å². The summed E-state index contributed by atoms with van der Waals surface area (Å²) >= 11 is 0. The van der Waals surface area contributed by atoms with Crippen LogP contribution in [0.5, 0.6) is 5.75 Å². The monoisotopic (exact) mass is 539 g/mol. The van der Waals surface area contributed by atoms with Gasteiger partial charge in [0.05, 0.1) is 24.8 Å². The van der Waals surface area contributed by atoms with Crippen LogP contribution in [-0.2, 0) is 30.3 Å². The van der Waals surface area contributed by atoms with Crippen molar-refractivity contribution in [3.05, 3.63) is 70.1 Å². The first-order valence-corrected chi connectivity index (χ1v) is 12.5. The normalized spacial score (nSPS) is 27.2. The second-order valence-corrected chi connectivity index (χ2v) is 9.87. The molecule has 0 bridgehead atoms. The van der Waals surface area contributed by atoms with Gasteiger partial charge >= 0.3 is 0 Å². The van der Waals surface area contributed by atoms with Crippen LogP contribution in [0, 0.1) is 4.91 Å². The molecule has 2 saturated heterocycles. The third-order valence-corrected chi connectivity index (χ3v) is 6.86. The highest BCUT2D eigenvalue weighted by molar-refractivity contribution is 6.21. The molecule has 5 rings (SSSR count). The Morgan fingerprint density at radius 2 is 1.67 bits per heavy atom. The van der Waals surface area contributed by atoms with Crippen molar-refractivity contribution >= 4 is 17.7 Å². The van der Waals surface area contributed by atoms with Gasteiger partial charge in [-0.1, -0.05) is 29.4 Å². The standard InChI is InChI=1S/C27H29N3O9/c1-27(2)38-22-19(12-28-20(31)13-29-34)37-26(36-14-15-8-10-16(35-3)11-9-15)21(23(22)39-27)30-24(32)17-6-4-5-7-18(17)25(30)33/h4-11,19,21-23,26H,12-14H2,1-3H3,(H,28,31)/t19-,21-,22+,23-,26?/m1/s1. The van der Waals surface area contributed by atoms with Gasteiger partial charge in [-0.25, -0.2) is 0 Å². The van der Waals surface area contributed by atoms with E-state index in [2.05, 4.69) is 10.5 Å². The Kier molecular flexibility index (Phi) is 7.45. The molecule has 3 aliphatic heterocycles. The van der Waals surface area contributed by atoms with Gasteiger partial charge in [0.25, 0.3) is 11.8 Å². The minimum absolute atomic E-state index is 0.0355. The molecule has 12 nitrogen and oxygen atoms in total. The van der Waals surface area contributed by atoms with E-state index in [0.717, 1.165) is 10.5 Å². The fourth-order valence-electron chi connectivity index (χ4n) is 5.13. The lowest BCUT2D eigenvalue weighted by Gasteiger charge is -2.44. The summed E-state index contributed by atoms with van der Waals surface area (Å²) in [5.74, 6) is -1.95. The molecule has 0 spiro atoms. The molecule has 3 aliphatic rings. The van der Waals surface area contributed by atoms with Crippen molar-refractivity contribution in [3.8, 4) is 5.75 Å². The van der Waals surface area contributed by atoms with Crippen molar-refractivity contribution in [2.45, 2.75) is 56.9 Å². The Labute approximate surface area is 224 Å². The Morgan fingerprint density at radius 1 is 1.03 bits per heavy atom. The molecule has 2 fully saturated rings. The molecule has 206 valence electrons. The highest BCUT2D eigenvalue weighted by Crippen LogP contribution is 2.41. The summed E-state index contributed by atoms with van der Waals surface area (Å²) in [6.45, 7) is 2.93. The smallest absolute Gasteiger partial charge is 0.262 e. The van der Waals surface area contributed by atoms with Crippen LogP contribution in [0.15, 0.2) is 53.7 Å². The molecule has 0 radical (unpaired) electrons. The van der Waals surface area contributed by atoms with E-state index in [1.165, 1.54) is 0 Å². The van der Waals surface area contributed by atoms with E-state index in [4.69, 9.17) is 23.7 Å². The van der Waals surface area contributed by atoms with E-state index >= 15 is 0 Å². The first-order valence-electron chi connectivity index (χ1n) is 12.5. The molecule has 1 unspecified atom stereocenters. The summed E-state index contributed by atoms with van der Waals surface area (Å²) in [5, 5.41) is 5.21. The SMILES string of the molecule is COc1ccc(COC2O[C@H](CNC(=O)CN=O)[C@@H]3OC(C)(C)O[C@@H]3[C@H]2N2C(=O)c3ccccc3C2=O)cc1. The van der Waals surface area contributed by atoms with Gasteiger partial charge in [0, 0.05) is 6.54 Å². The molecule has 0 saturated carbocycles. The van der Waals surface area contributed by atoms with Crippen molar-refractivity contribution in [2.75, 3.05) is 20.2 Å². The fraction of sp³-hybridized carbons (Fsp3) is 0.444. The number of rotatable bonds is 9. The van der Waals surface area contributed by atoms with Crippen molar-refractivity contribution in [1.29, 1.82) is 0 Å². The molecule has 0 aromatic heterocycles. The maximum atomic E-state index is 13.5. The first-order chi connectivity index (χ1) is 18.7. The number of ether oxygens (including phenoxy) is 5. The van der Waals surface area contributed by atoms with E-state index in [1.807, 2.05) is 12.1 Å². The maximum absolute atomic E-state index is 13.5. The molecule has 5 atom stereocenters. The third kappa shape index (κ3) is 5.28. The zero-order valence-electron chi connectivity index (χ0n) is 21.7. The summed E-state index contributed by atoms with van der Waals surface area (Å²) in [6.07, 6.45) is -3.50. The number of hydrogen-bond acceptors (Lipinski definition) is 10. The van der Waals surface area contributed by atoms with Crippen LogP contribution in [-0.4, -0.2) is 79.3 Å². The summed E-state index contributed by atoms with van der Waals surface area (Å²) in [6, 6.07) is 12.8. The van der Waals surface area contributed by atoms with Gasteiger partial charge in [-0.2, -0.15) is 4.91 Å². The lowest BCUT2D eigenvalue weighted by Crippen LogP contribution is -2.65. The molecule has 12 heteroatoms. The number of carbonyl (C=O) groups is 3. The predicted molar refractivity (Wildman–Crippen MR) is 135 cm³/mol. The van der Waals surface area contributed by atoms with Crippen LogP contribution in [0.25, 0.3) is 0 Å². The van der Waals surface area contributed by atoms with Crippen LogP contribution in [0.4, 0.5) is 0 Å². The van der Waals surface area contributed by atoms with Crippen LogP contribution >= 0.6 is 0 Å². The van der Waals surface area contributed by atoms with Gasteiger partial charge in [0.1, 0.15) is 30.1 Å². The van der Waals surface area contributed by atoms with Crippen molar-refractivity contribution < 1.29 is 38.1 Å². The Bertz CT molecular complexity index is 1230. The van der Waals surface area contributed by atoms with Crippen molar-refractivity contribution in [2.24, 2.45) is 5.18 Å². The number of amides is 3. The Balaban J connectivity index is 1.47. The Hall–Kier alpha value is -3.71. The van der Waals surface area contributed by atoms with Crippen LogP contribution in [0.2, 0.25) is 0 Å². The topological polar surface area (TPSA) is 142 Å². The summed E-state index contributed by atoms with van der Waals surface area (Å²) in [5.41, 5.74) is 1.36. The zero-order valence-corrected chi connectivity index (χ0v) is 21.7. The van der Waals surface area contributed by atoms with Gasteiger partial charge in [0.15, 0.2) is 18.6 Å². The summed E-state index contributed by atoms with van der Waals surface area (Å²) in [7, 11) is 1.57. The van der Waals surface area contributed by atoms with E-state index in [9.17, 15) is 19.3 Å². The number of nitroso groups, excluding NO2 is 1. The van der Waals surface area contributed by atoms with Gasteiger partial charge in [-0.3, -0.25) is 19.3 Å². The molecular formula is C27H29N3O9. The van der Waals surface area contributed by atoms with E-state index in [-0.39, 0.29) is 24.3 Å². The van der Waals surface area contributed by atoms with Crippen LogP contribution in [0.3, 0.4) is 0 Å². The molecule has 2 aromatic rings. The summed E-state index contributed by atoms with van der Waals surface area (Å²) < 4.78 is 30.1. The molecule has 3 amide bonds. The third-order valence-electron chi connectivity index (χ3n) is 6.86. The second-order valence-electron chi connectivity index (χ2n) is 9.87. The number of hydrogen-bond donors (Lipinski definition) is 1. The predicted octanol–water partition coefficient (Wildman–Crippen LogP) is 2.00. The number of benzene rings is 2. The number of methoxy groups -OCH3 is 1. The van der Waals surface area contributed by atoms with Gasteiger partial charge in [-0.15, -0.1) is 0 Å². The average Bonchev–Trinajstić information content (AvgIpc) is 3.38. The number of fused-ring (bicyclic) bond motifs is 2. The zero-order chi connectivity index (χ0) is 27.7. The van der Waals surface area contributed by atoms with E-state index < -0.39 is 60.7 Å². The molecule has 1 N–H and O–H groups in total. The van der Waals surface area contributed by atoms with E-state index in [1.54, 1.807) is 57.4 Å². The molecule has 3 heterocycles. The summed E-state index contributed by atoms with van der Waals surface area (Å²) in [4.78, 5) is 50.6. The molecular weight excluding hydrogens is 510 g/mol. The van der Waals surface area contributed by atoms with Crippen LogP contribution < -0.4 is 10.1 Å². The highest BCUT2D eigenvalue weighted by Gasteiger charge is 2.60. The first kappa shape index (κ1) is 26.9. The van der Waals surface area contributed by atoms with Gasteiger partial charge in [-0.05, 0) is 43.7 Å². The van der Waals surface area contributed by atoms with Crippen LogP contribution in [0.1, 0.15) is 40.1 Å². The maximum Gasteiger partial charge on any atom is 0.262 e. The second kappa shape index (κ2) is 10.8. The highest BCUT2D eigenvalue weighted by atomic mass is 16.8. The quantitative estimate of drug-likeness (QED) is 0.374. The number of carbonyl (C=O) groups excluding carboxylic acids is 3. The number of nitrogens with zero attached hydrogens (tertiary/aromatic N) is 2. The lowest BCUT2D eigenvalue weighted by molar-refractivity contribution is -0.256. The Morgan fingerprint density at radius 3 is 2.28 bits per heavy atom. The average molecular weight is 540 g/mol. The van der Waals surface area contributed by atoms with Gasteiger partial charge in [0.2, 0.25) is 5.91 Å². The number of nitrogens with one attached hydrogen (secondary N) is 1. The van der Waals surface area contributed by atoms with Crippen molar-refractivity contribution in [1.82, 2.24) is 10.2 Å². The fourth-order valence-corrected chi connectivity index (χ4v) is 5.13. The van der Waals surface area contributed by atoms with Crippen molar-refractivity contribution in [3.63, 3.8) is 0 Å². The van der Waals surface area contributed by atoms with Gasteiger partial charge < -0.3 is 29.0 Å². The number of imide groups is 1. The largest absolute Gasteiger partial charge is 0.497 e. The minimum Gasteiger partial charge on any atom is -0.497 e. The molecule has 0 aliphatic carbocycles. The lowest BCUT2D eigenvalue weighted by atomic mass is 9.95. The minimum atomic E-state index is -1.13. The molecule has 39 heavy (non-hydrogen) atoms.